The third-order valence-corrected chi connectivity index (χ3v) is 7.53. The molecule has 0 aliphatic carbocycles. The average Bonchev–Trinajstić information content (AvgIpc) is 2.97. The normalized spacial score (nSPS) is 11.6. The van der Waals surface area contributed by atoms with Crippen molar-refractivity contribution in [2.75, 3.05) is 19.8 Å². The van der Waals surface area contributed by atoms with Crippen LogP contribution in [-0.4, -0.2) is 36.9 Å². The molecule has 1 atom stereocenters. The minimum atomic E-state index is -0.577. The van der Waals surface area contributed by atoms with E-state index in [2.05, 4.69) is 69.5 Å². The second kappa shape index (κ2) is 19.0. The smallest absolute Gasteiger partial charge is 0.335 e. The Balaban J connectivity index is 1.80. The van der Waals surface area contributed by atoms with Gasteiger partial charge in [-0.25, -0.2) is 9.59 Å². The lowest BCUT2D eigenvalue weighted by Gasteiger charge is -2.17. The Hall–Kier alpha value is -3.18. The molecule has 0 aromatic heterocycles. The fourth-order valence-corrected chi connectivity index (χ4v) is 4.85. The number of aryl methyl sites for hydroxylation is 5. The van der Waals surface area contributed by atoms with E-state index < -0.39 is 12.6 Å². The minimum Gasteiger partial charge on any atom is -0.462 e. The van der Waals surface area contributed by atoms with Gasteiger partial charge in [-0.05, 0) is 105 Å². The molecule has 2 aromatic rings. The number of hydrogen-bond acceptors (Lipinski definition) is 5. The Morgan fingerprint density at radius 1 is 0.805 bits per heavy atom. The molecule has 0 bridgehead atoms. The van der Waals surface area contributed by atoms with Gasteiger partial charge >= 0.3 is 11.9 Å². The van der Waals surface area contributed by atoms with E-state index in [4.69, 9.17) is 14.6 Å². The summed E-state index contributed by atoms with van der Waals surface area (Å²) in [5.74, 6) is -0.792. The lowest BCUT2D eigenvalue weighted by atomic mass is 9.95. The highest BCUT2D eigenvalue weighted by Gasteiger charge is 2.14. The summed E-state index contributed by atoms with van der Waals surface area (Å²) in [6.45, 7) is 13.4. The quantitative estimate of drug-likeness (QED) is 0.103. The molecule has 224 valence electrons. The second-order valence-corrected chi connectivity index (χ2v) is 11.2. The lowest BCUT2D eigenvalue weighted by Crippen LogP contribution is -2.16. The van der Waals surface area contributed by atoms with Crippen LogP contribution < -0.4 is 0 Å². The maximum Gasteiger partial charge on any atom is 0.335 e. The van der Waals surface area contributed by atoms with Gasteiger partial charge in [0.05, 0.1) is 25.4 Å². The van der Waals surface area contributed by atoms with Crippen LogP contribution in [-0.2, 0) is 44.7 Å². The van der Waals surface area contributed by atoms with Crippen molar-refractivity contribution in [2.24, 2.45) is 5.92 Å². The van der Waals surface area contributed by atoms with Crippen molar-refractivity contribution in [3.8, 4) is 0 Å². The van der Waals surface area contributed by atoms with Crippen molar-refractivity contribution in [3.63, 3.8) is 0 Å². The monoisotopic (exact) mass is 562 g/mol. The molecule has 0 radical (unpaired) electrons. The SMILES string of the molecule is C=C(C)C(=O)OCC(CCCOC(=O)C(=C)CO)CCCc1ccc(CCc2ccc(CCCCC)c(C)c2)cc1. The Morgan fingerprint density at radius 2 is 1.44 bits per heavy atom. The lowest BCUT2D eigenvalue weighted by molar-refractivity contribution is -0.140. The van der Waals surface area contributed by atoms with Crippen LogP contribution in [0, 0.1) is 12.8 Å². The molecule has 0 spiro atoms. The summed E-state index contributed by atoms with van der Waals surface area (Å²) < 4.78 is 10.6. The number of esters is 2. The van der Waals surface area contributed by atoms with Crippen LogP contribution in [0.5, 0.6) is 0 Å². The first kappa shape index (κ1) is 34.0. The van der Waals surface area contributed by atoms with Crippen LogP contribution in [0.3, 0.4) is 0 Å². The minimum absolute atomic E-state index is 0.0462. The Kier molecular flexibility index (Phi) is 15.8. The zero-order chi connectivity index (χ0) is 30.0. The predicted octanol–water partition coefficient (Wildman–Crippen LogP) is 7.44. The van der Waals surface area contributed by atoms with Crippen molar-refractivity contribution in [3.05, 3.63) is 94.6 Å². The van der Waals surface area contributed by atoms with Crippen LogP contribution >= 0.6 is 0 Å². The van der Waals surface area contributed by atoms with Crippen molar-refractivity contribution in [1.29, 1.82) is 0 Å². The van der Waals surface area contributed by atoms with E-state index in [0.29, 0.717) is 18.6 Å². The van der Waals surface area contributed by atoms with Gasteiger partial charge in [0.15, 0.2) is 0 Å². The first-order chi connectivity index (χ1) is 19.7. The number of aliphatic hydroxyl groups excluding tert-OH is 1. The number of unbranched alkanes of at least 4 members (excludes halogenated alkanes) is 2. The number of benzene rings is 2. The van der Waals surface area contributed by atoms with Gasteiger partial charge in [-0.2, -0.15) is 0 Å². The summed E-state index contributed by atoms with van der Waals surface area (Å²) in [5, 5.41) is 8.99. The number of hydrogen-bond donors (Lipinski definition) is 1. The molecule has 0 aliphatic heterocycles. The topological polar surface area (TPSA) is 72.8 Å². The van der Waals surface area contributed by atoms with Crippen LogP contribution in [0.2, 0.25) is 0 Å². The van der Waals surface area contributed by atoms with Crippen LogP contribution in [0.15, 0.2) is 66.8 Å². The summed E-state index contributed by atoms with van der Waals surface area (Å²) in [4.78, 5) is 23.6. The molecule has 0 saturated heterocycles. The largest absolute Gasteiger partial charge is 0.462 e. The van der Waals surface area contributed by atoms with Gasteiger partial charge in [-0.1, -0.05) is 75.4 Å². The highest BCUT2D eigenvalue weighted by atomic mass is 16.5. The number of carbonyl (C=O) groups excluding carboxylic acids is 2. The number of carbonyl (C=O) groups is 2. The first-order valence-corrected chi connectivity index (χ1v) is 15.2. The van der Waals surface area contributed by atoms with E-state index in [1.807, 2.05) is 0 Å². The predicted molar refractivity (Wildman–Crippen MR) is 167 cm³/mol. The zero-order valence-corrected chi connectivity index (χ0v) is 25.5. The van der Waals surface area contributed by atoms with E-state index in [1.165, 1.54) is 53.5 Å². The van der Waals surface area contributed by atoms with E-state index in [1.54, 1.807) is 6.92 Å². The highest BCUT2D eigenvalue weighted by molar-refractivity contribution is 5.88. The van der Waals surface area contributed by atoms with Gasteiger partial charge in [0.1, 0.15) is 0 Å². The fourth-order valence-electron chi connectivity index (χ4n) is 4.85. The molecule has 5 nitrogen and oxygen atoms in total. The standard InChI is InChI=1S/C36H50O5/c1-6-7-8-14-34-22-21-32(24-28(34)4)20-19-31-17-15-30(16-18-31)11-9-12-33(26-41-35(38)27(2)3)13-10-23-40-36(39)29(5)25-37/h15-18,21-22,24,33,37H,2,5-14,19-20,23,25-26H2,1,3-4H3. The van der Waals surface area contributed by atoms with Gasteiger partial charge in [0.25, 0.3) is 0 Å². The Labute approximate surface area is 247 Å². The maximum absolute atomic E-state index is 11.9. The Morgan fingerprint density at radius 3 is 2.07 bits per heavy atom. The van der Waals surface area contributed by atoms with Gasteiger partial charge < -0.3 is 14.6 Å². The van der Waals surface area contributed by atoms with Gasteiger partial charge in [0, 0.05) is 5.57 Å². The molecule has 5 heteroatoms. The van der Waals surface area contributed by atoms with Crippen molar-refractivity contribution in [1.82, 2.24) is 0 Å². The van der Waals surface area contributed by atoms with Gasteiger partial charge in [-0.15, -0.1) is 0 Å². The second-order valence-electron chi connectivity index (χ2n) is 11.2. The van der Waals surface area contributed by atoms with E-state index in [-0.39, 0.29) is 24.1 Å². The van der Waals surface area contributed by atoms with Crippen molar-refractivity contribution in [2.45, 2.75) is 91.4 Å². The molecule has 1 N–H and O–H groups in total. The van der Waals surface area contributed by atoms with Gasteiger partial charge in [0.2, 0.25) is 0 Å². The van der Waals surface area contributed by atoms with E-state index in [9.17, 15) is 9.59 Å². The summed E-state index contributed by atoms with van der Waals surface area (Å²) in [5.41, 5.74) is 7.37. The average molecular weight is 563 g/mol. The molecule has 2 rings (SSSR count). The fraction of sp³-hybridized carbons (Fsp3) is 0.500. The molecule has 0 amide bonds. The zero-order valence-electron chi connectivity index (χ0n) is 25.5. The molecule has 0 saturated carbocycles. The summed E-state index contributed by atoms with van der Waals surface area (Å²) in [7, 11) is 0. The number of rotatable bonds is 20. The maximum atomic E-state index is 11.9. The molecule has 1 unspecified atom stereocenters. The highest BCUT2D eigenvalue weighted by Crippen LogP contribution is 2.19. The van der Waals surface area contributed by atoms with Crippen molar-refractivity contribution < 1.29 is 24.2 Å². The summed E-state index contributed by atoms with van der Waals surface area (Å²) in [6.07, 6.45) is 11.3. The molecule has 0 fully saturated rings. The van der Waals surface area contributed by atoms with Gasteiger partial charge in [-0.3, -0.25) is 0 Å². The third-order valence-electron chi connectivity index (χ3n) is 7.53. The summed E-state index contributed by atoms with van der Waals surface area (Å²) >= 11 is 0. The molecular weight excluding hydrogens is 512 g/mol. The van der Waals surface area contributed by atoms with Crippen LogP contribution in [0.1, 0.15) is 86.6 Å². The Bertz CT molecular complexity index is 1120. The first-order valence-electron chi connectivity index (χ1n) is 15.2. The third kappa shape index (κ3) is 13.4. The van der Waals surface area contributed by atoms with Crippen LogP contribution in [0.25, 0.3) is 0 Å². The molecule has 0 aliphatic rings. The molecule has 41 heavy (non-hydrogen) atoms. The number of ether oxygens (including phenoxy) is 2. The molecule has 0 heterocycles. The number of aliphatic hydroxyl groups is 1. The van der Waals surface area contributed by atoms with Crippen molar-refractivity contribution >= 4 is 11.9 Å². The molecular formula is C36H50O5. The summed E-state index contributed by atoms with van der Waals surface area (Å²) in [6, 6.07) is 15.9. The molecule has 2 aromatic carbocycles. The van der Waals surface area contributed by atoms with E-state index >= 15 is 0 Å². The van der Waals surface area contributed by atoms with E-state index in [0.717, 1.165) is 38.5 Å². The van der Waals surface area contributed by atoms with Crippen LogP contribution in [0.4, 0.5) is 0 Å².